The Balaban J connectivity index is 1.47. The van der Waals surface area contributed by atoms with Crippen molar-refractivity contribution in [3.8, 4) is 0 Å². The zero-order chi connectivity index (χ0) is 10.8. The number of hydrogen-bond donors (Lipinski definition) is 1. The molecule has 1 N–H and O–H groups in total. The fourth-order valence-corrected chi connectivity index (χ4v) is 2.54. The van der Waals surface area contributed by atoms with Gasteiger partial charge in [0.05, 0.1) is 6.54 Å². The Bertz CT molecular complexity index is 318. The quantitative estimate of drug-likeness (QED) is 0.805. The first kappa shape index (κ1) is 10.3. The molecule has 0 radical (unpaired) electrons. The average Bonchev–Trinajstić information content (AvgIpc) is 3.05. The Hall–Kier alpha value is -0.870. The summed E-state index contributed by atoms with van der Waals surface area (Å²) in [7, 11) is 0. The minimum Gasteiger partial charge on any atom is -0.311 e. The molecule has 88 valence electrons. The first-order chi connectivity index (χ1) is 7.92. The number of nitrogens with one attached hydrogen (secondary N) is 1. The third-order valence-electron chi connectivity index (χ3n) is 3.69. The van der Waals surface area contributed by atoms with Crippen LogP contribution in [0.25, 0.3) is 0 Å². The van der Waals surface area contributed by atoms with Crippen LogP contribution in [0.5, 0.6) is 0 Å². The zero-order valence-corrected chi connectivity index (χ0v) is 9.68. The van der Waals surface area contributed by atoms with Crippen LogP contribution < -0.4 is 5.32 Å². The summed E-state index contributed by atoms with van der Waals surface area (Å²) in [4.78, 5) is 2.57. The average molecular weight is 220 g/mol. The molecule has 1 aliphatic heterocycles. The van der Waals surface area contributed by atoms with Gasteiger partial charge in [0.25, 0.3) is 0 Å². The second-order valence-electron chi connectivity index (χ2n) is 4.97. The molecule has 1 aliphatic carbocycles. The topological polar surface area (TPSA) is 33.1 Å². The van der Waals surface area contributed by atoms with Gasteiger partial charge in [-0.05, 0) is 24.8 Å². The summed E-state index contributed by atoms with van der Waals surface area (Å²) in [5.74, 6) is 0.965. The van der Waals surface area contributed by atoms with E-state index in [1.165, 1.54) is 25.9 Å². The molecule has 1 aromatic heterocycles. The van der Waals surface area contributed by atoms with E-state index in [-0.39, 0.29) is 0 Å². The summed E-state index contributed by atoms with van der Waals surface area (Å²) in [6.07, 6.45) is 6.76. The molecule has 1 aromatic rings. The Morgan fingerprint density at radius 2 is 2.25 bits per heavy atom. The molecule has 2 fully saturated rings. The molecule has 2 heterocycles. The molecule has 1 unspecified atom stereocenters. The maximum Gasteiger partial charge on any atom is 0.0536 e. The Morgan fingerprint density at radius 3 is 3.00 bits per heavy atom. The van der Waals surface area contributed by atoms with Crippen molar-refractivity contribution < 1.29 is 0 Å². The summed E-state index contributed by atoms with van der Waals surface area (Å²) in [5, 5.41) is 7.88. The molecule has 1 atom stereocenters. The lowest BCUT2D eigenvalue weighted by molar-refractivity contribution is 0.181. The molecule has 0 spiro atoms. The van der Waals surface area contributed by atoms with E-state index in [0.717, 1.165) is 31.6 Å². The van der Waals surface area contributed by atoms with E-state index < -0.39 is 0 Å². The van der Waals surface area contributed by atoms with Gasteiger partial charge in [-0.3, -0.25) is 9.58 Å². The monoisotopic (exact) mass is 220 g/mol. The number of aromatic nitrogens is 2. The molecule has 3 rings (SSSR count). The number of rotatable bonds is 4. The van der Waals surface area contributed by atoms with Crippen LogP contribution in [-0.2, 0) is 6.54 Å². The van der Waals surface area contributed by atoms with Crippen molar-refractivity contribution in [1.82, 2.24) is 20.0 Å². The lowest BCUT2D eigenvalue weighted by Crippen LogP contribution is -2.52. The highest BCUT2D eigenvalue weighted by atomic mass is 15.3. The van der Waals surface area contributed by atoms with Crippen molar-refractivity contribution in [2.75, 3.05) is 26.2 Å². The van der Waals surface area contributed by atoms with Gasteiger partial charge in [0.2, 0.25) is 0 Å². The Labute approximate surface area is 96.6 Å². The molecule has 1 saturated carbocycles. The summed E-state index contributed by atoms with van der Waals surface area (Å²) < 4.78 is 2.02. The SMILES string of the molecule is c1cnn(CCN2CCNC(C3CC3)C2)c1. The standard InChI is InChI=1S/C12H20N4/c1-4-14-16(6-1)9-8-15-7-5-13-12(10-15)11-2-3-11/h1,4,6,11-13H,2-3,5,7-10H2. The molecular formula is C12H20N4. The van der Waals surface area contributed by atoms with Gasteiger partial charge < -0.3 is 5.32 Å². The highest BCUT2D eigenvalue weighted by Crippen LogP contribution is 2.33. The van der Waals surface area contributed by atoms with E-state index in [0.29, 0.717) is 0 Å². The molecule has 4 heteroatoms. The predicted molar refractivity (Wildman–Crippen MR) is 63.2 cm³/mol. The van der Waals surface area contributed by atoms with Crippen molar-refractivity contribution >= 4 is 0 Å². The van der Waals surface area contributed by atoms with E-state index in [4.69, 9.17) is 0 Å². The first-order valence-electron chi connectivity index (χ1n) is 6.35. The predicted octanol–water partition coefficient (Wildman–Crippen LogP) is 0.567. The molecule has 0 bridgehead atoms. The van der Waals surface area contributed by atoms with Crippen LogP contribution in [0.2, 0.25) is 0 Å². The van der Waals surface area contributed by atoms with Gasteiger partial charge in [0, 0.05) is 44.6 Å². The molecule has 1 saturated heterocycles. The Morgan fingerprint density at radius 1 is 1.31 bits per heavy atom. The van der Waals surface area contributed by atoms with Gasteiger partial charge in [-0.1, -0.05) is 0 Å². The van der Waals surface area contributed by atoms with Crippen molar-refractivity contribution in [2.24, 2.45) is 5.92 Å². The number of piperazine rings is 1. The lowest BCUT2D eigenvalue weighted by Gasteiger charge is -2.33. The van der Waals surface area contributed by atoms with Crippen LogP contribution in [0, 0.1) is 5.92 Å². The molecular weight excluding hydrogens is 200 g/mol. The van der Waals surface area contributed by atoms with Gasteiger partial charge in [-0.25, -0.2) is 0 Å². The van der Waals surface area contributed by atoms with E-state index in [1.54, 1.807) is 0 Å². The molecule has 16 heavy (non-hydrogen) atoms. The van der Waals surface area contributed by atoms with Crippen molar-refractivity contribution in [1.29, 1.82) is 0 Å². The van der Waals surface area contributed by atoms with Crippen LogP contribution >= 0.6 is 0 Å². The second kappa shape index (κ2) is 4.55. The van der Waals surface area contributed by atoms with E-state index in [2.05, 4.69) is 15.3 Å². The fraction of sp³-hybridized carbons (Fsp3) is 0.750. The van der Waals surface area contributed by atoms with Crippen LogP contribution in [-0.4, -0.2) is 46.9 Å². The summed E-state index contributed by atoms with van der Waals surface area (Å²) in [6, 6.07) is 2.75. The second-order valence-corrected chi connectivity index (χ2v) is 4.97. The lowest BCUT2D eigenvalue weighted by atomic mass is 10.1. The fourth-order valence-electron chi connectivity index (χ4n) is 2.54. The maximum atomic E-state index is 4.24. The van der Waals surface area contributed by atoms with E-state index in [1.807, 2.05) is 23.1 Å². The van der Waals surface area contributed by atoms with Gasteiger partial charge >= 0.3 is 0 Å². The highest BCUT2D eigenvalue weighted by Gasteiger charge is 2.33. The minimum atomic E-state index is 0.756. The molecule has 2 aliphatic rings. The van der Waals surface area contributed by atoms with Crippen molar-refractivity contribution in [3.05, 3.63) is 18.5 Å². The third-order valence-corrected chi connectivity index (χ3v) is 3.69. The number of nitrogens with zero attached hydrogens (tertiary/aromatic N) is 3. The van der Waals surface area contributed by atoms with Gasteiger partial charge in [0.15, 0.2) is 0 Å². The van der Waals surface area contributed by atoms with E-state index in [9.17, 15) is 0 Å². The van der Waals surface area contributed by atoms with Crippen LogP contribution in [0.15, 0.2) is 18.5 Å². The van der Waals surface area contributed by atoms with E-state index >= 15 is 0 Å². The molecule has 0 aromatic carbocycles. The summed E-state index contributed by atoms with van der Waals surface area (Å²) >= 11 is 0. The molecule has 4 nitrogen and oxygen atoms in total. The first-order valence-corrected chi connectivity index (χ1v) is 6.35. The number of hydrogen-bond acceptors (Lipinski definition) is 3. The maximum absolute atomic E-state index is 4.24. The van der Waals surface area contributed by atoms with Crippen molar-refractivity contribution in [3.63, 3.8) is 0 Å². The Kier molecular flexibility index (Phi) is 2.93. The molecule has 0 amide bonds. The summed E-state index contributed by atoms with van der Waals surface area (Å²) in [5.41, 5.74) is 0. The van der Waals surface area contributed by atoms with Gasteiger partial charge in [-0.2, -0.15) is 5.10 Å². The zero-order valence-electron chi connectivity index (χ0n) is 9.68. The minimum absolute atomic E-state index is 0.756. The van der Waals surface area contributed by atoms with Crippen LogP contribution in [0.1, 0.15) is 12.8 Å². The third kappa shape index (κ3) is 2.44. The van der Waals surface area contributed by atoms with Gasteiger partial charge in [-0.15, -0.1) is 0 Å². The van der Waals surface area contributed by atoms with Crippen LogP contribution in [0.3, 0.4) is 0 Å². The smallest absolute Gasteiger partial charge is 0.0536 e. The highest BCUT2D eigenvalue weighted by molar-refractivity contribution is 4.91. The van der Waals surface area contributed by atoms with Crippen LogP contribution in [0.4, 0.5) is 0 Å². The normalized spacial score (nSPS) is 27.1. The summed E-state index contributed by atoms with van der Waals surface area (Å²) in [6.45, 7) is 5.72. The van der Waals surface area contributed by atoms with Gasteiger partial charge in [0.1, 0.15) is 0 Å². The van der Waals surface area contributed by atoms with Crippen molar-refractivity contribution in [2.45, 2.75) is 25.4 Å². The largest absolute Gasteiger partial charge is 0.311 e.